The van der Waals surface area contributed by atoms with E-state index in [-0.39, 0.29) is 17.4 Å². The van der Waals surface area contributed by atoms with Gasteiger partial charge in [0.05, 0.1) is 17.3 Å². The van der Waals surface area contributed by atoms with Gasteiger partial charge in [-0.1, -0.05) is 13.8 Å². The van der Waals surface area contributed by atoms with Crippen LogP contribution in [0.15, 0.2) is 11.0 Å². The molecule has 0 saturated carbocycles. The number of nitrogens with zero attached hydrogens (tertiary/aromatic N) is 3. The average molecular weight is 248 g/mol. The Balaban J connectivity index is 2.62. The number of rotatable bonds is 2. The third-order valence-electron chi connectivity index (χ3n) is 3.00. The van der Waals surface area contributed by atoms with Gasteiger partial charge in [-0.3, -0.25) is 9.48 Å². The minimum Gasteiger partial charge on any atom is -0.493 e. The summed E-state index contributed by atoms with van der Waals surface area (Å²) in [6, 6.07) is 0. The molecule has 0 aliphatic carbocycles. The summed E-state index contributed by atoms with van der Waals surface area (Å²) in [6.07, 6.45) is 1.61. The second kappa shape index (κ2) is 4.29. The van der Waals surface area contributed by atoms with E-state index in [4.69, 9.17) is 0 Å². The number of aromatic hydroxyl groups is 1. The van der Waals surface area contributed by atoms with Gasteiger partial charge in [0.15, 0.2) is 0 Å². The number of aryl methyl sites for hydroxylation is 1. The van der Waals surface area contributed by atoms with Crippen molar-refractivity contribution in [3.05, 3.63) is 27.8 Å². The highest BCUT2D eigenvalue weighted by Gasteiger charge is 2.16. The van der Waals surface area contributed by atoms with E-state index < -0.39 is 0 Å². The number of nitrogens with one attached hydrogen (secondary N) is 1. The Morgan fingerprint density at radius 2 is 2.11 bits per heavy atom. The van der Waals surface area contributed by atoms with Gasteiger partial charge in [-0.25, -0.2) is 0 Å². The second-order valence-electron chi connectivity index (χ2n) is 4.57. The fraction of sp³-hybridized carbons (Fsp3) is 0.417. The van der Waals surface area contributed by atoms with Crippen molar-refractivity contribution in [2.45, 2.75) is 26.7 Å². The van der Waals surface area contributed by atoms with Gasteiger partial charge in [0.2, 0.25) is 5.88 Å². The molecule has 6 heteroatoms. The van der Waals surface area contributed by atoms with Gasteiger partial charge < -0.3 is 10.1 Å². The van der Waals surface area contributed by atoms with Gasteiger partial charge in [-0.05, 0) is 12.8 Å². The van der Waals surface area contributed by atoms with Gasteiger partial charge in [0.1, 0.15) is 5.82 Å². The zero-order valence-corrected chi connectivity index (χ0v) is 10.9. The molecule has 0 radical (unpaired) electrons. The van der Waals surface area contributed by atoms with Crippen LogP contribution in [-0.4, -0.2) is 24.9 Å². The fourth-order valence-corrected chi connectivity index (χ4v) is 1.85. The van der Waals surface area contributed by atoms with Crippen LogP contribution in [-0.2, 0) is 7.05 Å². The quantitative estimate of drug-likeness (QED) is 0.839. The summed E-state index contributed by atoms with van der Waals surface area (Å²) in [5, 5.41) is 13.9. The topological polar surface area (TPSA) is 83.8 Å². The Bertz CT molecular complexity index is 640. The molecular formula is C12H16N4O2. The molecule has 0 unspecified atom stereocenters. The molecular weight excluding hydrogens is 232 g/mol. The molecule has 0 fully saturated rings. The second-order valence-corrected chi connectivity index (χ2v) is 4.57. The lowest BCUT2D eigenvalue weighted by molar-refractivity contribution is 0.440. The molecule has 0 saturated heterocycles. The van der Waals surface area contributed by atoms with Crippen LogP contribution in [0.25, 0.3) is 11.4 Å². The van der Waals surface area contributed by atoms with Gasteiger partial charge >= 0.3 is 0 Å². The van der Waals surface area contributed by atoms with E-state index in [9.17, 15) is 9.90 Å². The zero-order valence-electron chi connectivity index (χ0n) is 10.9. The van der Waals surface area contributed by atoms with Crippen LogP contribution < -0.4 is 5.56 Å². The number of hydrogen-bond acceptors (Lipinski definition) is 4. The molecule has 0 spiro atoms. The molecule has 96 valence electrons. The van der Waals surface area contributed by atoms with E-state index in [1.54, 1.807) is 17.9 Å². The van der Waals surface area contributed by atoms with Crippen molar-refractivity contribution in [2.75, 3.05) is 0 Å². The summed E-state index contributed by atoms with van der Waals surface area (Å²) >= 11 is 0. The van der Waals surface area contributed by atoms with Crippen LogP contribution in [0.4, 0.5) is 0 Å². The molecule has 18 heavy (non-hydrogen) atoms. The van der Waals surface area contributed by atoms with Crippen molar-refractivity contribution in [3.8, 4) is 17.3 Å². The van der Waals surface area contributed by atoms with Crippen LogP contribution >= 0.6 is 0 Å². The fourth-order valence-electron chi connectivity index (χ4n) is 1.85. The molecule has 0 bridgehead atoms. The van der Waals surface area contributed by atoms with Crippen LogP contribution in [0.3, 0.4) is 0 Å². The van der Waals surface area contributed by atoms with Gasteiger partial charge in [-0.15, -0.1) is 0 Å². The smallest absolute Gasteiger partial charge is 0.258 e. The molecule has 0 atom stereocenters. The van der Waals surface area contributed by atoms with E-state index >= 15 is 0 Å². The first kappa shape index (κ1) is 12.3. The summed E-state index contributed by atoms with van der Waals surface area (Å²) in [5.74, 6) is 0.0461. The maximum absolute atomic E-state index is 11.9. The van der Waals surface area contributed by atoms with E-state index in [1.807, 2.05) is 20.8 Å². The average Bonchev–Trinajstić information content (AvgIpc) is 2.58. The Morgan fingerprint density at radius 3 is 2.56 bits per heavy atom. The van der Waals surface area contributed by atoms with Crippen LogP contribution in [0, 0.1) is 6.92 Å². The summed E-state index contributed by atoms with van der Waals surface area (Å²) < 4.78 is 1.68. The molecule has 2 N–H and O–H groups in total. The third kappa shape index (κ3) is 1.90. The lowest BCUT2D eigenvalue weighted by Gasteiger charge is -2.08. The highest BCUT2D eigenvalue weighted by Crippen LogP contribution is 2.23. The first-order chi connectivity index (χ1) is 8.41. The Kier molecular flexibility index (Phi) is 2.94. The predicted octanol–water partition coefficient (Wildman–Crippen LogP) is 1.31. The van der Waals surface area contributed by atoms with Crippen LogP contribution in [0.5, 0.6) is 5.88 Å². The van der Waals surface area contributed by atoms with Crippen molar-refractivity contribution in [1.82, 2.24) is 19.7 Å². The SMILES string of the molecule is Cc1c(-c2nc(O)c(C(C)C)c(=O)[nH]2)cnn1C. The summed E-state index contributed by atoms with van der Waals surface area (Å²) in [5.41, 5.74) is 1.58. The maximum Gasteiger partial charge on any atom is 0.258 e. The van der Waals surface area contributed by atoms with Crippen molar-refractivity contribution in [2.24, 2.45) is 7.05 Å². The van der Waals surface area contributed by atoms with E-state index in [2.05, 4.69) is 15.1 Å². The van der Waals surface area contributed by atoms with Gasteiger partial charge in [0.25, 0.3) is 5.56 Å². The summed E-state index contributed by atoms with van der Waals surface area (Å²) in [7, 11) is 1.80. The molecule has 2 heterocycles. The van der Waals surface area contributed by atoms with Crippen LogP contribution in [0.1, 0.15) is 31.0 Å². The normalized spacial score (nSPS) is 11.2. The van der Waals surface area contributed by atoms with Crippen molar-refractivity contribution in [1.29, 1.82) is 0 Å². The molecule has 0 amide bonds. The molecule has 2 aromatic heterocycles. The largest absolute Gasteiger partial charge is 0.493 e. The highest BCUT2D eigenvalue weighted by molar-refractivity contribution is 5.57. The molecule has 2 aromatic rings. The lowest BCUT2D eigenvalue weighted by atomic mass is 10.1. The Morgan fingerprint density at radius 1 is 1.44 bits per heavy atom. The summed E-state index contributed by atoms with van der Waals surface area (Å²) in [6.45, 7) is 5.54. The molecule has 2 rings (SSSR count). The minimum atomic E-state index is -0.309. The summed E-state index contributed by atoms with van der Waals surface area (Å²) in [4.78, 5) is 18.6. The van der Waals surface area contributed by atoms with Crippen molar-refractivity contribution in [3.63, 3.8) is 0 Å². The Hall–Kier alpha value is -2.11. The van der Waals surface area contributed by atoms with Gasteiger partial charge in [0, 0.05) is 12.7 Å². The maximum atomic E-state index is 11.9. The van der Waals surface area contributed by atoms with Crippen molar-refractivity contribution < 1.29 is 5.11 Å². The minimum absolute atomic E-state index is 0.0784. The molecule has 6 nitrogen and oxygen atoms in total. The number of hydrogen-bond donors (Lipinski definition) is 2. The zero-order chi connectivity index (χ0) is 13.4. The lowest BCUT2D eigenvalue weighted by Crippen LogP contribution is -2.16. The number of aromatic nitrogens is 4. The van der Waals surface area contributed by atoms with E-state index in [1.165, 1.54) is 0 Å². The van der Waals surface area contributed by atoms with Crippen molar-refractivity contribution >= 4 is 0 Å². The van der Waals surface area contributed by atoms with E-state index in [0.717, 1.165) is 5.69 Å². The molecule has 0 aliphatic rings. The number of aromatic amines is 1. The van der Waals surface area contributed by atoms with Gasteiger partial charge in [-0.2, -0.15) is 10.1 Å². The highest BCUT2D eigenvalue weighted by atomic mass is 16.3. The first-order valence-electron chi connectivity index (χ1n) is 5.74. The monoisotopic (exact) mass is 248 g/mol. The molecule has 0 aliphatic heterocycles. The predicted molar refractivity (Wildman–Crippen MR) is 67.6 cm³/mol. The van der Waals surface area contributed by atoms with Crippen LogP contribution in [0.2, 0.25) is 0 Å². The third-order valence-corrected chi connectivity index (χ3v) is 3.00. The number of H-pyrrole nitrogens is 1. The standard InChI is InChI=1S/C12H16N4O2/c1-6(2)9-11(17)14-10(15-12(9)18)8-5-13-16(4)7(8)3/h5-6H,1-4H3,(H2,14,15,17,18). The first-order valence-corrected chi connectivity index (χ1v) is 5.74. The van der Waals surface area contributed by atoms with E-state index in [0.29, 0.717) is 17.0 Å². The molecule has 0 aromatic carbocycles. The Labute approximate surface area is 104 Å².